The summed E-state index contributed by atoms with van der Waals surface area (Å²) in [4.78, 5) is 14.2. The van der Waals surface area contributed by atoms with Crippen molar-refractivity contribution in [2.75, 3.05) is 6.54 Å². The molecule has 2 rings (SSSR count). The molecule has 0 aliphatic carbocycles. The summed E-state index contributed by atoms with van der Waals surface area (Å²) in [6.07, 6.45) is 1.40. The quantitative estimate of drug-likeness (QED) is 0.789. The second kappa shape index (κ2) is 5.47. The van der Waals surface area contributed by atoms with Crippen LogP contribution in [-0.4, -0.2) is 36.2 Å². The molecule has 2 aromatic rings. The second-order valence-electron chi connectivity index (χ2n) is 3.41. The van der Waals surface area contributed by atoms with Crippen molar-refractivity contribution in [3.05, 3.63) is 28.5 Å². The van der Waals surface area contributed by atoms with E-state index in [-0.39, 0.29) is 22.7 Å². The number of nitrogens with zero attached hydrogens (tertiary/aromatic N) is 2. The summed E-state index contributed by atoms with van der Waals surface area (Å²) in [5.74, 6) is -0.903. The molecule has 0 spiro atoms. The Balaban J connectivity index is 2.06. The van der Waals surface area contributed by atoms with E-state index in [0.717, 1.165) is 17.7 Å². The van der Waals surface area contributed by atoms with Gasteiger partial charge in [0, 0.05) is 13.0 Å². The molecular formula is C9H9N3O5S2. The van der Waals surface area contributed by atoms with E-state index in [1.54, 1.807) is 0 Å². The lowest BCUT2D eigenvalue weighted by atomic mass is 10.4. The normalized spacial score (nSPS) is 11.6. The first-order valence-corrected chi connectivity index (χ1v) is 7.42. The minimum atomic E-state index is -3.85. The summed E-state index contributed by atoms with van der Waals surface area (Å²) in [7, 11) is -3.85. The molecule has 2 N–H and O–H groups in total. The Kier molecular flexibility index (Phi) is 3.93. The maximum atomic E-state index is 11.9. The van der Waals surface area contributed by atoms with Gasteiger partial charge in [0.25, 0.3) is 0 Å². The molecule has 0 fully saturated rings. The van der Waals surface area contributed by atoms with Gasteiger partial charge in [-0.1, -0.05) is 5.16 Å². The summed E-state index contributed by atoms with van der Waals surface area (Å²) >= 11 is 0.857. The summed E-state index contributed by atoms with van der Waals surface area (Å²) in [6.45, 7) is 0.0524. The highest BCUT2D eigenvalue weighted by molar-refractivity contribution is 7.89. The van der Waals surface area contributed by atoms with Crippen molar-refractivity contribution in [3.8, 4) is 0 Å². The molecule has 0 aliphatic rings. The van der Waals surface area contributed by atoms with Crippen LogP contribution in [0.4, 0.5) is 0 Å². The van der Waals surface area contributed by atoms with E-state index in [2.05, 4.69) is 19.4 Å². The molecule has 8 nitrogen and oxygen atoms in total. The van der Waals surface area contributed by atoms with Crippen molar-refractivity contribution in [1.82, 2.24) is 14.9 Å². The molecule has 2 heterocycles. The molecule has 0 amide bonds. The lowest BCUT2D eigenvalue weighted by molar-refractivity contribution is 0.0698. The second-order valence-corrected chi connectivity index (χ2v) is 6.07. The van der Waals surface area contributed by atoms with Gasteiger partial charge in [-0.25, -0.2) is 17.9 Å². The Morgan fingerprint density at radius 3 is 2.95 bits per heavy atom. The summed E-state index contributed by atoms with van der Waals surface area (Å²) in [6, 6.07) is 1.25. The molecule has 19 heavy (non-hydrogen) atoms. The van der Waals surface area contributed by atoms with Gasteiger partial charge in [0.05, 0.1) is 0 Å². The van der Waals surface area contributed by atoms with Crippen LogP contribution < -0.4 is 4.72 Å². The van der Waals surface area contributed by atoms with Crippen molar-refractivity contribution < 1.29 is 22.8 Å². The van der Waals surface area contributed by atoms with Gasteiger partial charge in [-0.2, -0.15) is 4.98 Å². The van der Waals surface area contributed by atoms with Gasteiger partial charge in [0.1, 0.15) is 9.77 Å². The molecule has 0 atom stereocenters. The first-order valence-electron chi connectivity index (χ1n) is 5.06. The molecule has 0 bridgehead atoms. The van der Waals surface area contributed by atoms with Gasteiger partial charge >= 0.3 is 5.97 Å². The smallest absolute Gasteiger partial charge is 0.347 e. The Hall–Kier alpha value is -1.78. The number of aromatic carboxylic acids is 1. The van der Waals surface area contributed by atoms with Crippen LogP contribution in [0.3, 0.4) is 0 Å². The van der Waals surface area contributed by atoms with Crippen molar-refractivity contribution >= 4 is 27.3 Å². The molecule has 0 aromatic carbocycles. The van der Waals surface area contributed by atoms with Crippen LogP contribution in [0.2, 0.25) is 0 Å². The number of hydrogen-bond acceptors (Lipinski definition) is 7. The number of sulfonamides is 1. The first kappa shape index (κ1) is 13.6. The van der Waals surface area contributed by atoms with E-state index in [4.69, 9.17) is 5.11 Å². The number of carboxylic acids is 1. The average Bonchev–Trinajstić information content (AvgIpc) is 2.99. The Morgan fingerprint density at radius 1 is 1.53 bits per heavy atom. The third-order valence-corrected chi connectivity index (χ3v) is 4.70. The van der Waals surface area contributed by atoms with Crippen molar-refractivity contribution in [2.45, 2.75) is 11.3 Å². The van der Waals surface area contributed by atoms with E-state index < -0.39 is 16.0 Å². The molecule has 0 aliphatic heterocycles. The number of thiophene rings is 1. The highest BCUT2D eigenvalue weighted by Crippen LogP contribution is 2.21. The van der Waals surface area contributed by atoms with Gasteiger partial charge in [-0.05, 0) is 11.4 Å². The zero-order chi connectivity index (χ0) is 13.9. The van der Waals surface area contributed by atoms with E-state index in [0.29, 0.717) is 5.82 Å². The number of aromatic nitrogens is 2. The maximum Gasteiger partial charge on any atom is 0.347 e. The Labute approximate surface area is 112 Å². The number of hydrogen-bond donors (Lipinski definition) is 2. The zero-order valence-corrected chi connectivity index (χ0v) is 11.1. The number of carbonyl (C=O) groups is 1. The molecule has 0 saturated carbocycles. The summed E-state index contributed by atoms with van der Waals surface area (Å²) < 4.78 is 30.6. The summed E-state index contributed by atoms with van der Waals surface area (Å²) in [5, 5.41) is 13.8. The fourth-order valence-corrected chi connectivity index (χ4v) is 3.63. The van der Waals surface area contributed by atoms with E-state index in [1.165, 1.54) is 11.4 Å². The van der Waals surface area contributed by atoms with E-state index in [9.17, 15) is 13.2 Å². The minimum absolute atomic E-state index is 0.0524. The van der Waals surface area contributed by atoms with Crippen LogP contribution in [0.1, 0.15) is 15.5 Å². The largest absolute Gasteiger partial charge is 0.477 e. The number of carboxylic acid groups (broad SMARTS) is 1. The SMILES string of the molecule is O=C(O)c1sccc1S(=O)(=O)NCCc1ncon1. The van der Waals surface area contributed by atoms with Crippen molar-refractivity contribution in [2.24, 2.45) is 0 Å². The highest BCUT2D eigenvalue weighted by atomic mass is 32.2. The van der Waals surface area contributed by atoms with Crippen LogP contribution in [0.15, 0.2) is 27.3 Å². The monoisotopic (exact) mass is 303 g/mol. The van der Waals surface area contributed by atoms with Crippen LogP contribution in [-0.2, 0) is 16.4 Å². The topological polar surface area (TPSA) is 122 Å². The Morgan fingerprint density at radius 2 is 2.32 bits per heavy atom. The Bertz CT molecular complexity index is 662. The lowest BCUT2D eigenvalue weighted by Gasteiger charge is -2.04. The third kappa shape index (κ3) is 3.16. The molecule has 10 heteroatoms. The van der Waals surface area contributed by atoms with Crippen LogP contribution in [0, 0.1) is 0 Å². The fraction of sp³-hybridized carbons (Fsp3) is 0.222. The number of nitrogens with one attached hydrogen (secondary N) is 1. The van der Waals surface area contributed by atoms with E-state index in [1.807, 2.05) is 0 Å². The standard InChI is InChI=1S/C9H9N3O5S2/c13-9(14)8-6(2-4-18-8)19(15,16)11-3-1-7-10-5-17-12-7/h2,4-5,11H,1,3H2,(H,13,14). The molecule has 0 saturated heterocycles. The fourth-order valence-electron chi connectivity index (χ4n) is 1.34. The number of rotatable bonds is 6. The van der Waals surface area contributed by atoms with Gasteiger partial charge in [0.2, 0.25) is 16.4 Å². The van der Waals surface area contributed by atoms with Crippen molar-refractivity contribution in [3.63, 3.8) is 0 Å². The average molecular weight is 303 g/mol. The van der Waals surface area contributed by atoms with Crippen molar-refractivity contribution in [1.29, 1.82) is 0 Å². The van der Waals surface area contributed by atoms with Gasteiger partial charge in [0.15, 0.2) is 5.82 Å². The molecule has 102 valence electrons. The zero-order valence-electron chi connectivity index (χ0n) is 9.44. The maximum absolute atomic E-state index is 11.9. The molecule has 2 aromatic heterocycles. The minimum Gasteiger partial charge on any atom is -0.477 e. The highest BCUT2D eigenvalue weighted by Gasteiger charge is 2.23. The van der Waals surface area contributed by atoms with Crippen LogP contribution in [0.5, 0.6) is 0 Å². The molecular weight excluding hydrogens is 294 g/mol. The van der Waals surface area contributed by atoms with Gasteiger partial charge < -0.3 is 9.63 Å². The van der Waals surface area contributed by atoms with Crippen LogP contribution >= 0.6 is 11.3 Å². The lowest BCUT2D eigenvalue weighted by Crippen LogP contribution is -2.27. The van der Waals surface area contributed by atoms with E-state index >= 15 is 0 Å². The van der Waals surface area contributed by atoms with Crippen LogP contribution in [0.25, 0.3) is 0 Å². The molecule has 0 radical (unpaired) electrons. The summed E-state index contributed by atoms with van der Waals surface area (Å²) in [5.41, 5.74) is 0. The van der Waals surface area contributed by atoms with Gasteiger partial charge in [-0.3, -0.25) is 0 Å². The molecule has 0 unspecified atom stereocenters. The third-order valence-electron chi connectivity index (χ3n) is 2.16. The van der Waals surface area contributed by atoms with Gasteiger partial charge in [-0.15, -0.1) is 11.3 Å². The predicted molar refractivity (Wildman–Crippen MR) is 64.5 cm³/mol. The first-order chi connectivity index (χ1) is 9.00. The predicted octanol–water partition coefficient (Wildman–Crippen LogP) is 0.350.